The van der Waals surface area contributed by atoms with Gasteiger partial charge in [0, 0.05) is 5.02 Å². The van der Waals surface area contributed by atoms with E-state index in [1.807, 2.05) is 11.6 Å². The quantitative estimate of drug-likeness (QED) is 0.866. The zero-order chi connectivity index (χ0) is 16.9. The van der Waals surface area contributed by atoms with E-state index in [0.29, 0.717) is 22.9 Å². The lowest BCUT2D eigenvalue weighted by Crippen LogP contribution is -2.31. The second kappa shape index (κ2) is 7.48. The third-order valence-corrected chi connectivity index (χ3v) is 4.61. The molecule has 1 N–H and O–H groups in total. The first-order chi connectivity index (χ1) is 10.9. The van der Waals surface area contributed by atoms with E-state index in [4.69, 9.17) is 16.3 Å². The Hall–Kier alpha value is -2.05. The first-order valence-electron chi connectivity index (χ1n) is 6.93. The maximum Gasteiger partial charge on any atom is 0.264 e. The number of benzene rings is 2. The average Bonchev–Trinajstić information content (AvgIpc) is 2.50. The number of hydrogen-bond acceptors (Lipinski definition) is 4. The van der Waals surface area contributed by atoms with Gasteiger partial charge < -0.3 is 4.74 Å². The number of halogens is 1. The molecule has 1 amide bonds. The lowest BCUT2D eigenvalue weighted by atomic mass is 10.1. The van der Waals surface area contributed by atoms with Crippen LogP contribution in [0.5, 0.6) is 5.75 Å². The second-order valence-corrected chi connectivity index (χ2v) is 6.86. The molecule has 0 fully saturated rings. The van der Waals surface area contributed by atoms with Crippen LogP contribution in [0.4, 0.5) is 0 Å². The highest BCUT2D eigenvalue weighted by molar-refractivity contribution is 7.90. The molecule has 0 atom stereocenters. The van der Waals surface area contributed by atoms with E-state index in [1.54, 1.807) is 36.4 Å². The summed E-state index contributed by atoms with van der Waals surface area (Å²) in [4.78, 5) is 11.9. The molecule has 0 aliphatic carbocycles. The van der Waals surface area contributed by atoms with Gasteiger partial charge in [0.15, 0.2) is 0 Å². The fourth-order valence-corrected chi connectivity index (χ4v) is 3.02. The highest BCUT2D eigenvalue weighted by atomic mass is 35.5. The molecule has 0 unspecified atom stereocenters. The summed E-state index contributed by atoms with van der Waals surface area (Å²) in [5.41, 5.74) is 0.675. The van der Waals surface area contributed by atoms with Gasteiger partial charge in [0.1, 0.15) is 5.75 Å². The van der Waals surface area contributed by atoms with Gasteiger partial charge in [0.2, 0.25) is 5.91 Å². The van der Waals surface area contributed by atoms with Crippen LogP contribution in [0, 0.1) is 0 Å². The van der Waals surface area contributed by atoms with Gasteiger partial charge >= 0.3 is 0 Å². The Bertz CT molecular complexity index is 771. The molecule has 7 heteroatoms. The molecule has 0 aliphatic heterocycles. The molecule has 0 heterocycles. The fourth-order valence-electron chi connectivity index (χ4n) is 1.91. The summed E-state index contributed by atoms with van der Waals surface area (Å²) < 4.78 is 31.6. The van der Waals surface area contributed by atoms with Crippen LogP contribution in [0.3, 0.4) is 0 Å². The molecule has 0 saturated carbocycles. The monoisotopic (exact) mass is 353 g/mol. The van der Waals surface area contributed by atoms with E-state index in [0.717, 1.165) is 0 Å². The predicted octanol–water partition coefficient (Wildman–Crippen LogP) is 2.79. The summed E-state index contributed by atoms with van der Waals surface area (Å²) in [5, 5.41) is 0.552. The van der Waals surface area contributed by atoms with Crippen molar-refractivity contribution in [2.24, 2.45) is 0 Å². The van der Waals surface area contributed by atoms with Crippen LogP contribution in [-0.4, -0.2) is 20.9 Å². The van der Waals surface area contributed by atoms with Crippen molar-refractivity contribution < 1.29 is 17.9 Å². The Morgan fingerprint density at radius 3 is 2.26 bits per heavy atom. The minimum absolute atomic E-state index is 0.00501. The van der Waals surface area contributed by atoms with Gasteiger partial charge in [0.05, 0.1) is 17.9 Å². The van der Waals surface area contributed by atoms with Gasteiger partial charge in [-0.2, -0.15) is 0 Å². The van der Waals surface area contributed by atoms with E-state index < -0.39 is 15.9 Å². The zero-order valence-corrected chi connectivity index (χ0v) is 14.0. The Morgan fingerprint density at radius 2 is 1.70 bits per heavy atom. The standard InChI is InChI=1S/C16H16ClNO4S/c1-2-22-14-7-9-15(10-8-14)23(20,21)18-16(19)11-12-3-5-13(17)6-4-12/h3-10H,2,11H2,1H3,(H,18,19). The minimum atomic E-state index is -3.90. The number of amides is 1. The summed E-state index contributed by atoms with van der Waals surface area (Å²) in [6, 6.07) is 12.5. The molecule has 0 bridgehead atoms. The van der Waals surface area contributed by atoms with Gasteiger partial charge in [-0.15, -0.1) is 0 Å². The number of carbonyl (C=O) groups is 1. The molecule has 2 aromatic rings. The summed E-state index contributed by atoms with van der Waals surface area (Å²) in [5.74, 6) is -0.0415. The van der Waals surface area contributed by atoms with Gasteiger partial charge in [-0.25, -0.2) is 13.1 Å². The normalized spacial score (nSPS) is 11.0. The molecule has 23 heavy (non-hydrogen) atoms. The van der Waals surface area contributed by atoms with E-state index >= 15 is 0 Å². The zero-order valence-electron chi connectivity index (χ0n) is 12.5. The molecule has 0 radical (unpaired) electrons. The molecular formula is C16H16ClNO4S. The molecule has 0 spiro atoms. The Balaban J connectivity index is 2.04. The van der Waals surface area contributed by atoms with Crippen LogP contribution < -0.4 is 9.46 Å². The molecule has 122 valence electrons. The first kappa shape index (κ1) is 17.3. The van der Waals surface area contributed by atoms with Crippen molar-refractivity contribution in [1.29, 1.82) is 0 Å². The molecule has 2 aromatic carbocycles. The number of ether oxygens (including phenoxy) is 1. The summed E-state index contributed by atoms with van der Waals surface area (Å²) in [6.45, 7) is 2.32. The number of hydrogen-bond donors (Lipinski definition) is 1. The average molecular weight is 354 g/mol. The fraction of sp³-hybridized carbons (Fsp3) is 0.188. The lowest BCUT2D eigenvalue weighted by Gasteiger charge is -2.08. The molecule has 5 nitrogen and oxygen atoms in total. The molecule has 0 aliphatic rings. The van der Waals surface area contributed by atoms with Crippen LogP contribution in [0.25, 0.3) is 0 Å². The van der Waals surface area contributed by atoms with Gasteiger partial charge in [-0.1, -0.05) is 23.7 Å². The van der Waals surface area contributed by atoms with Gasteiger partial charge in [-0.3, -0.25) is 4.79 Å². The third kappa shape index (κ3) is 4.97. The van der Waals surface area contributed by atoms with Crippen molar-refractivity contribution in [3.05, 3.63) is 59.1 Å². The van der Waals surface area contributed by atoms with Crippen LogP contribution >= 0.6 is 11.6 Å². The minimum Gasteiger partial charge on any atom is -0.494 e. The molecule has 2 rings (SSSR count). The third-order valence-electron chi connectivity index (χ3n) is 2.97. The summed E-state index contributed by atoms with van der Waals surface area (Å²) in [7, 11) is -3.90. The summed E-state index contributed by atoms with van der Waals surface area (Å²) >= 11 is 5.76. The van der Waals surface area contributed by atoms with Crippen LogP contribution in [-0.2, 0) is 21.2 Å². The van der Waals surface area contributed by atoms with Crippen molar-refractivity contribution in [2.45, 2.75) is 18.2 Å². The maximum absolute atomic E-state index is 12.2. The number of nitrogens with one attached hydrogen (secondary N) is 1. The van der Waals surface area contributed by atoms with Crippen LogP contribution in [0.15, 0.2) is 53.4 Å². The molecule has 0 aromatic heterocycles. The maximum atomic E-state index is 12.2. The lowest BCUT2D eigenvalue weighted by molar-refractivity contribution is -0.118. The molecular weight excluding hydrogens is 338 g/mol. The smallest absolute Gasteiger partial charge is 0.264 e. The van der Waals surface area contributed by atoms with E-state index in [9.17, 15) is 13.2 Å². The Labute approximate surface area is 140 Å². The van der Waals surface area contributed by atoms with Crippen molar-refractivity contribution in [3.63, 3.8) is 0 Å². The van der Waals surface area contributed by atoms with Crippen LogP contribution in [0.1, 0.15) is 12.5 Å². The Kier molecular flexibility index (Phi) is 5.63. The number of rotatable bonds is 6. The van der Waals surface area contributed by atoms with Crippen molar-refractivity contribution in [2.75, 3.05) is 6.61 Å². The van der Waals surface area contributed by atoms with Crippen molar-refractivity contribution >= 4 is 27.5 Å². The van der Waals surface area contributed by atoms with Crippen LogP contribution in [0.2, 0.25) is 5.02 Å². The molecule has 0 saturated heterocycles. The second-order valence-electron chi connectivity index (χ2n) is 4.74. The van der Waals surface area contributed by atoms with Crippen molar-refractivity contribution in [3.8, 4) is 5.75 Å². The largest absolute Gasteiger partial charge is 0.494 e. The van der Waals surface area contributed by atoms with E-state index in [1.165, 1.54) is 12.1 Å². The van der Waals surface area contributed by atoms with E-state index in [-0.39, 0.29) is 11.3 Å². The predicted molar refractivity (Wildman–Crippen MR) is 88.1 cm³/mol. The topological polar surface area (TPSA) is 72.5 Å². The van der Waals surface area contributed by atoms with Gasteiger partial charge in [-0.05, 0) is 48.9 Å². The Morgan fingerprint density at radius 1 is 1.09 bits per heavy atom. The highest BCUT2D eigenvalue weighted by Gasteiger charge is 2.17. The van der Waals surface area contributed by atoms with Crippen molar-refractivity contribution in [1.82, 2.24) is 4.72 Å². The number of sulfonamides is 1. The highest BCUT2D eigenvalue weighted by Crippen LogP contribution is 2.16. The summed E-state index contributed by atoms with van der Waals surface area (Å²) in [6.07, 6.45) is -0.0482. The first-order valence-corrected chi connectivity index (χ1v) is 8.80. The van der Waals surface area contributed by atoms with Gasteiger partial charge in [0.25, 0.3) is 10.0 Å². The van der Waals surface area contributed by atoms with E-state index in [2.05, 4.69) is 0 Å². The number of carbonyl (C=O) groups excluding carboxylic acids is 1. The SMILES string of the molecule is CCOc1ccc(S(=O)(=O)NC(=O)Cc2ccc(Cl)cc2)cc1.